The minimum Gasteiger partial charge on any atom is -0.444 e. The van der Waals surface area contributed by atoms with Crippen LogP contribution in [-0.4, -0.2) is 77.3 Å². The third-order valence-corrected chi connectivity index (χ3v) is 8.13. The van der Waals surface area contributed by atoms with Crippen molar-refractivity contribution in [1.82, 2.24) is 14.5 Å². The van der Waals surface area contributed by atoms with E-state index in [2.05, 4.69) is 10.3 Å². The van der Waals surface area contributed by atoms with Crippen LogP contribution in [0.25, 0.3) is 0 Å². The first-order valence-corrected chi connectivity index (χ1v) is 13.7. The number of piperidine rings is 1. The Labute approximate surface area is 220 Å². The van der Waals surface area contributed by atoms with Gasteiger partial charge in [-0.1, -0.05) is 0 Å². The number of fused-ring (bicyclic) bond motifs is 2. The van der Waals surface area contributed by atoms with E-state index in [1.54, 1.807) is 4.90 Å². The second-order valence-corrected chi connectivity index (χ2v) is 12.1. The molecule has 12 heteroatoms. The average Bonchev–Trinajstić information content (AvgIpc) is 3.51. The maximum absolute atomic E-state index is 14.1. The van der Waals surface area contributed by atoms with Crippen LogP contribution in [0.2, 0.25) is 0 Å². The van der Waals surface area contributed by atoms with Crippen molar-refractivity contribution in [2.24, 2.45) is 17.8 Å². The van der Waals surface area contributed by atoms with E-state index >= 15 is 0 Å². The van der Waals surface area contributed by atoms with Gasteiger partial charge < -0.3 is 24.6 Å². The van der Waals surface area contributed by atoms with Crippen LogP contribution >= 0.6 is 0 Å². The number of ether oxygens (including phenoxy) is 2. The van der Waals surface area contributed by atoms with Gasteiger partial charge in [0.15, 0.2) is 0 Å². The van der Waals surface area contributed by atoms with Crippen molar-refractivity contribution < 1.29 is 27.4 Å². The number of nitrogens with one attached hydrogen (secondary N) is 1. The summed E-state index contributed by atoms with van der Waals surface area (Å²) in [6, 6.07) is -0.335. The fourth-order valence-electron chi connectivity index (χ4n) is 5.91. The molecule has 38 heavy (non-hydrogen) atoms. The molecule has 1 N–H and O–H groups in total. The predicted octanol–water partition coefficient (Wildman–Crippen LogP) is 3.87. The molecule has 1 aromatic heterocycles. The molecule has 212 valence electrons. The molecule has 4 heterocycles. The number of nitrogens with zero attached hydrogens (tertiary/aromatic N) is 4. The number of rotatable bonds is 6. The molecule has 0 spiro atoms. The third-order valence-electron chi connectivity index (χ3n) is 8.13. The van der Waals surface area contributed by atoms with E-state index in [1.807, 2.05) is 20.8 Å². The molecule has 4 atom stereocenters. The highest BCUT2D eigenvalue weighted by Gasteiger charge is 2.49. The highest BCUT2D eigenvalue weighted by Crippen LogP contribution is 2.48. The SMILES string of the molecule is CC(C)(C)OC(=O)N1CCC(CCN2c3nc(NC[C@H]4OCC5CC54)cc(=O)n3CC[C@H]2C(F)(F)F)CC1. The lowest BCUT2D eigenvalue weighted by Crippen LogP contribution is -2.53. The molecule has 0 aromatic carbocycles. The first kappa shape index (κ1) is 27.1. The number of hydrogen-bond donors (Lipinski definition) is 1. The molecule has 4 aliphatic rings. The third kappa shape index (κ3) is 6.05. The number of hydrogen-bond acceptors (Lipinski definition) is 7. The maximum Gasteiger partial charge on any atom is 0.410 e. The number of carbonyl (C=O) groups is 1. The van der Waals surface area contributed by atoms with Crippen LogP contribution in [0.5, 0.6) is 0 Å². The summed E-state index contributed by atoms with van der Waals surface area (Å²) in [4.78, 5) is 32.6. The number of alkyl halides is 3. The number of likely N-dealkylation sites (tertiary alicyclic amines) is 1. The molecule has 1 amide bonds. The lowest BCUT2D eigenvalue weighted by molar-refractivity contribution is -0.152. The van der Waals surface area contributed by atoms with E-state index in [0.717, 1.165) is 13.0 Å². The molecule has 9 nitrogen and oxygen atoms in total. The van der Waals surface area contributed by atoms with Gasteiger partial charge in [-0.15, -0.1) is 0 Å². The second-order valence-electron chi connectivity index (χ2n) is 12.1. The molecular formula is C26H38F3N5O4. The molecule has 1 aromatic rings. The van der Waals surface area contributed by atoms with Gasteiger partial charge in [-0.2, -0.15) is 18.2 Å². The summed E-state index contributed by atoms with van der Waals surface area (Å²) in [7, 11) is 0. The Morgan fingerprint density at radius 1 is 1.18 bits per heavy atom. The largest absolute Gasteiger partial charge is 0.444 e. The van der Waals surface area contributed by atoms with Crippen molar-refractivity contribution in [3.05, 3.63) is 16.4 Å². The summed E-state index contributed by atoms with van der Waals surface area (Å²) in [6.45, 7) is 7.80. The van der Waals surface area contributed by atoms with E-state index in [0.29, 0.717) is 50.7 Å². The number of halogens is 3. The van der Waals surface area contributed by atoms with Crippen molar-refractivity contribution in [3.63, 3.8) is 0 Å². The van der Waals surface area contributed by atoms with E-state index in [9.17, 15) is 22.8 Å². The van der Waals surface area contributed by atoms with E-state index in [1.165, 1.54) is 15.5 Å². The minimum atomic E-state index is -4.44. The van der Waals surface area contributed by atoms with Crippen molar-refractivity contribution >= 4 is 17.9 Å². The van der Waals surface area contributed by atoms with E-state index in [-0.39, 0.29) is 55.0 Å². The summed E-state index contributed by atoms with van der Waals surface area (Å²) in [5.41, 5.74) is -0.934. The smallest absolute Gasteiger partial charge is 0.410 e. The van der Waals surface area contributed by atoms with Gasteiger partial charge >= 0.3 is 12.3 Å². The number of carbonyl (C=O) groups excluding carboxylic acids is 1. The van der Waals surface area contributed by atoms with Crippen LogP contribution in [-0.2, 0) is 16.0 Å². The Kier molecular flexibility index (Phi) is 7.30. The van der Waals surface area contributed by atoms with Gasteiger partial charge in [-0.05, 0) is 70.6 Å². The molecular weight excluding hydrogens is 503 g/mol. The summed E-state index contributed by atoms with van der Waals surface area (Å²) in [5.74, 6) is 1.65. The molecule has 3 fully saturated rings. The quantitative estimate of drug-likeness (QED) is 0.585. The number of anilines is 2. The molecule has 5 rings (SSSR count). The summed E-state index contributed by atoms with van der Waals surface area (Å²) < 4.78 is 54.8. The molecule has 2 unspecified atom stereocenters. The van der Waals surface area contributed by atoms with Crippen LogP contribution in [0.15, 0.2) is 10.9 Å². The summed E-state index contributed by atoms with van der Waals surface area (Å²) in [5, 5.41) is 3.14. The lowest BCUT2D eigenvalue weighted by Gasteiger charge is -2.40. The molecule has 0 radical (unpaired) electrons. The highest BCUT2D eigenvalue weighted by atomic mass is 19.4. The topological polar surface area (TPSA) is 88.9 Å². The van der Waals surface area contributed by atoms with Crippen molar-refractivity contribution in [2.45, 2.75) is 83.3 Å². The standard InChI is InChI=1S/C26H38F3N5O4/c1-25(2,3)38-24(36)32-8-4-16(5-9-32)6-10-33-20(26(27,28)29)7-11-34-22(35)13-21(31-23(33)34)30-14-19-18-12-17(18)15-37-19/h13,16-20,30H,4-12,14-15H2,1-3H3/t17?,18?,19-,20+/m1/s1. The van der Waals surface area contributed by atoms with Crippen LogP contribution in [0.4, 0.5) is 29.7 Å². The fourth-order valence-corrected chi connectivity index (χ4v) is 5.91. The Hall–Kier alpha value is -2.50. The van der Waals surface area contributed by atoms with Crippen molar-refractivity contribution in [3.8, 4) is 0 Å². The van der Waals surface area contributed by atoms with Crippen LogP contribution in [0, 0.1) is 17.8 Å². The monoisotopic (exact) mass is 541 g/mol. The van der Waals surface area contributed by atoms with E-state index in [4.69, 9.17) is 9.47 Å². The van der Waals surface area contributed by atoms with Gasteiger partial charge in [0.25, 0.3) is 5.56 Å². The molecule has 3 aliphatic heterocycles. The highest BCUT2D eigenvalue weighted by molar-refractivity contribution is 5.68. The van der Waals surface area contributed by atoms with Gasteiger partial charge in [-0.25, -0.2) is 4.79 Å². The minimum absolute atomic E-state index is 0.0219. The Balaban J connectivity index is 1.25. The fraction of sp³-hybridized carbons (Fsp3) is 0.808. The second kappa shape index (κ2) is 10.2. The maximum atomic E-state index is 14.1. The molecule has 0 bridgehead atoms. The van der Waals surface area contributed by atoms with Gasteiger partial charge in [0.1, 0.15) is 17.5 Å². The Morgan fingerprint density at radius 2 is 1.92 bits per heavy atom. The Morgan fingerprint density at radius 3 is 2.53 bits per heavy atom. The van der Waals surface area contributed by atoms with E-state index < -0.39 is 17.8 Å². The number of aromatic nitrogens is 2. The molecule has 1 saturated carbocycles. The van der Waals surface area contributed by atoms with Gasteiger partial charge in [0, 0.05) is 38.8 Å². The van der Waals surface area contributed by atoms with Gasteiger partial charge in [0.05, 0.1) is 12.7 Å². The van der Waals surface area contributed by atoms with Gasteiger partial charge in [-0.3, -0.25) is 9.36 Å². The zero-order valence-electron chi connectivity index (χ0n) is 22.3. The average molecular weight is 542 g/mol. The van der Waals surface area contributed by atoms with Crippen LogP contribution in [0.1, 0.15) is 52.9 Å². The van der Waals surface area contributed by atoms with Crippen LogP contribution < -0.4 is 15.8 Å². The first-order chi connectivity index (χ1) is 17.9. The molecule has 2 saturated heterocycles. The first-order valence-electron chi connectivity index (χ1n) is 13.7. The normalized spacial score (nSPS) is 27.6. The zero-order valence-corrected chi connectivity index (χ0v) is 22.3. The summed E-state index contributed by atoms with van der Waals surface area (Å²) >= 11 is 0. The van der Waals surface area contributed by atoms with Crippen LogP contribution in [0.3, 0.4) is 0 Å². The predicted molar refractivity (Wildman–Crippen MR) is 135 cm³/mol. The Bertz CT molecular complexity index is 1080. The zero-order chi connectivity index (χ0) is 27.2. The van der Waals surface area contributed by atoms with Crippen molar-refractivity contribution in [1.29, 1.82) is 0 Å². The summed E-state index contributed by atoms with van der Waals surface area (Å²) in [6.07, 6.45) is -1.91. The van der Waals surface area contributed by atoms with Gasteiger partial charge in [0.2, 0.25) is 5.95 Å². The number of amides is 1. The lowest BCUT2D eigenvalue weighted by atomic mass is 9.93. The van der Waals surface area contributed by atoms with Crippen molar-refractivity contribution in [2.75, 3.05) is 43.0 Å². The molecule has 1 aliphatic carbocycles.